The molecule has 0 amide bonds. The largest absolute Gasteiger partial charge is 0.507 e. The van der Waals surface area contributed by atoms with Gasteiger partial charge in [0.25, 0.3) is 0 Å². The molecule has 3 rings (SSSR count). The smallest absolute Gasteiger partial charge is 0.342 e. The van der Waals surface area contributed by atoms with Crippen molar-refractivity contribution in [1.82, 2.24) is 0 Å². The van der Waals surface area contributed by atoms with E-state index in [4.69, 9.17) is 9.47 Å². The SMILES string of the molecule is COc1c(C)c2c(c(O)c1C/C=C(/C)C1CCCCC1C(=O)O)C(=O)OC2. The number of phenolic OH excluding ortho intramolecular Hbond substituents is 1. The Morgan fingerprint density at radius 3 is 2.59 bits per heavy atom. The zero-order chi connectivity index (χ0) is 19.7. The lowest BCUT2D eigenvalue weighted by Crippen LogP contribution is -2.27. The summed E-state index contributed by atoms with van der Waals surface area (Å²) in [6.07, 6.45) is 5.85. The molecule has 0 bridgehead atoms. The van der Waals surface area contributed by atoms with Crippen molar-refractivity contribution in [2.75, 3.05) is 7.11 Å². The summed E-state index contributed by atoms with van der Waals surface area (Å²) in [5.74, 6) is -1.17. The molecule has 27 heavy (non-hydrogen) atoms. The summed E-state index contributed by atoms with van der Waals surface area (Å²) in [6.45, 7) is 3.94. The van der Waals surface area contributed by atoms with Gasteiger partial charge in [-0.15, -0.1) is 0 Å². The first-order chi connectivity index (χ1) is 12.9. The van der Waals surface area contributed by atoms with Crippen molar-refractivity contribution < 1.29 is 29.3 Å². The number of ether oxygens (including phenoxy) is 2. The minimum atomic E-state index is -0.746. The number of esters is 1. The number of phenols is 1. The van der Waals surface area contributed by atoms with Crippen LogP contribution in [0.25, 0.3) is 0 Å². The lowest BCUT2D eigenvalue weighted by atomic mass is 9.75. The van der Waals surface area contributed by atoms with Gasteiger partial charge in [-0.05, 0) is 44.6 Å². The molecule has 146 valence electrons. The van der Waals surface area contributed by atoms with E-state index in [0.29, 0.717) is 29.7 Å². The molecule has 6 nitrogen and oxygen atoms in total. The third-order valence-corrected chi connectivity index (χ3v) is 5.94. The number of carboxylic acid groups (broad SMARTS) is 1. The maximum absolute atomic E-state index is 12.0. The van der Waals surface area contributed by atoms with E-state index in [9.17, 15) is 19.8 Å². The highest BCUT2D eigenvalue weighted by Crippen LogP contribution is 2.42. The molecule has 1 fully saturated rings. The van der Waals surface area contributed by atoms with Gasteiger partial charge in [-0.25, -0.2) is 4.79 Å². The van der Waals surface area contributed by atoms with Gasteiger partial charge >= 0.3 is 11.9 Å². The average Bonchev–Trinajstić information content (AvgIpc) is 3.05. The molecule has 0 radical (unpaired) electrons. The van der Waals surface area contributed by atoms with Gasteiger partial charge in [-0.3, -0.25) is 4.79 Å². The fourth-order valence-corrected chi connectivity index (χ4v) is 4.41. The Kier molecular flexibility index (Phi) is 5.44. The quantitative estimate of drug-likeness (QED) is 0.602. The van der Waals surface area contributed by atoms with Gasteiger partial charge in [0, 0.05) is 11.1 Å². The molecule has 2 aliphatic rings. The van der Waals surface area contributed by atoms with Gasteiger partial charge in [0.2, 0.25) is 0 Å². The van der Waals surface area contributed by atoms with E-state index in [1.807, 2.05) is 19.9 Å². The summed E-state index contributed by atoms with van der Waals surface area (Å²) in [6, 6.07) is 0. The minimum Gasteiger partial charge on any atom is -0.507 e. The van der Waals surface area contributed by atoms with Gasteiger partial charge in [-0.1, -0.05) is 24.5 Å². The van der Waals surface area contributed by atoms with Crippen LogP contribution in [0.5, 0.6) is 11.5 Å². The second-order valence-electron chi connectivity index (χ2n) is 7.40. The number of allylic oxidation sites excluding steroid dienone is 2. The first-order valence-corrected chi connectivity index (χ1v) is 9.34. The molecule has 0 spiro atoms. The van der Waals surface area contributed by atoms with Crippen molar-refractivity contribution >= 4 is 11.9 Å². The van der Waals surface area contributed by atoms with E-state index in [0.717, 1.165) is 30.4 Å². The molecule has 0 aromatic heterocycles. The first kappa shape index (κ1) is 19.3. The van der Waals surface area contributed by atoms with Crippen LogP contribution in [-0.2, 0) is 22.6 Å². The van der Waals surface area contributed by atoms with Crippen molar-refractivity contribution in [3.63, 3.8) is 0 Å². The second-order valence-corrected chi connectivity index (χ2v) is 7.40. The third-order valence-electron chi connectivity index (χ3n) is 5.94. The lowest BCUT2D eigenvalue weighted by Gasteiger charge is -2.29. The number of aliphatic carboxylic acids is 1. The molecule has 1 aromatic carbocycles. The van der Waals surface area contributed by atoms with E-state index in [1.165, 1.54) is 7.11 Å². The number of hydrogen-bond acceptors (Lipinski definition) is 5. The lowest BCUT2D eigenvalue weighted by molar-refractivity contribution is -0.144. The number of carbonyl (C=O) groups excluding carboxylic acids is 1. The minimum absolute atomic E-state index is 0.00452. The van der Waals surface area contributed by atoms with Crippen LogP contribution in [-0.4, -0.2) is 29.3 Å². The number of carbonyl (C=O) groups is 2. The van der Waals surface area contributed by atoms with Crippen LogP contribution in [0.3, 0.4) is 0 Å². The molecule has 1 saturated carbocycles. The molecule has 1 aliphatic carbocycles. The van der Waals surface area contributed by atoms with Gasteiger partial charge in [0.05, 0.1) is 13.0 Å². The van der Waals surface area contributed by atoms with E-state index < -0.39 is 11.9 Å². The number of benzene rings is 1. The molecule has 2 unspecified atom stereocenters. The molecule has 1 heterocycles. The van der Waals surface area contributed by atoms with E-state index in [-0.39, 0.29) is 29.8 Å². The molecule has 2 atom stereocenters. The average molecular weight is 374 g/mol. The summed E-state index contributed by atoms with van der Waals surface area (Å²) >= 11 is 0. The van der Waals surface area contributed by atoms with Crippen LogP contribution in [0.2, 0.25) is 0 Å². The molecule has 2 N–H and O–H groups in total. The van der Waals surface area contributed by atoms with Crippen molar-refractivity contribution in [2.45, 2.75) is 52.6 Å². The van der Waals surface area contributed by atoms with Crippen LogP contribution < -0.4 is 4.74 Å². The van der Waals surface area contributed by atoms with E-state index in [1.54, 1.807) is 0 Å². The highest BCUT2D eigenvalue weighted by molar-refractivity contribution is 5.98. The highest BCUT2D eigenvalue weighted by atomic mass is 16.5. The first-order valence-electron chi connectivity index (χ1n) is 9.34. The Bertz CT molecular complexity index is 808. The predicted molar refractivity (Wildman–Crippen MR) is 99.1 cm³/mol. The highest BCUT2D eigenvalue weighted by Gasteiger charge is 2.33. The number of rotatable bonds is 5. The topological polar surface area (TPSA) is 93.1 Å². The Morgan fingerprint density at radius 1 is 1.30 bits per heavy atom. The van der Waals surface area contributed by atoms with Crippen LogP contribution in [0.1, 0.15) is 59.7 Å². The Hall–Kier alpha value is -2.50. The van der Waals surface area contributed by atoms with Gasteiger partial charge < -0.3 is 19.7 Å². The fourth-order valence-electron chi connectivity index (χ4n) is 4.41. The Morgan fingerprint density at radius 2 is 1.96 bits per heavy atom. The zero-order valence-corrected chi connectivity index (χ0v) is 16.0. The number of aromatic hydroxyl groups is 1. The van der Waals surface area contributed by atoms with Crippen molar-refractivity contribution in [3.8, 4) is 11.5 Å². The van der Waals surface area contributed by atoms with Gasteiger partial charge in [0.1, 0.15) is 23.7 Å². The van der Waals surface area contributed by atoms with Crippen LogP contribution in [0, 0.1) is 18.8 Å². The molecular weight excluding hydrogens is 348 g/mol. The number of carboxylic acids is 1. The second kappa shape index (κ2) is 7.62. The Labute approximate surface area is 158 Å². The number of fused-ring (bicyclic) bond motifs is 1. The molecular formula is C21H26O6. The zero-order valence-electron chi connectivity index (χ0n) is 16.0. The summed E-state index contributed by atoms with van der Waals surface area (Å²) in [7, 11) is 1.54. The molecule has 1 aliphatic heterocycles. The summed E-state index contributed by atoms with van der Waals surface area (Å²) in [5, 5.41) is 20.2. The summed E-state index contributed by atoms with van der Waals surface area (Å²) < 4.78 is 10.6. The van der Waals surface area contributed by atoms with Gasteiger partial charge in [0.15, 0.2) is 0 Å². The third kappa shape index (κ3) is 3.40. The summed E-state index contributed by atoms with van der Waals surface area (Å²) in [5.41, 5.74) is 3.21. The Balaban J connectivity index is 1.94. The van der Waals surface area contributed by atoms with Crippen molar-refractivity contribution in [1.29, 1.82) is 0 Å². The maximum Gasteiger partial charge on any atom is 0.342 e. The van der Waals surface area contributed by atoms with Crippen LogP contribution in [0.4, 0.5) is 0 Å². The standard InChI is InChI=1S/C21H26O6/c1-11(13-6-4-5-7-14(13)20(23)24)8-9-15-18(22)17-16(10-27-21(17)25)12(2)19(15)26-3/h8,13-14,22H,4-7,9-10H2,1-3H3,(H,23,24)/b11-8-. The normalized spacial score (nSPS) is 22.3. The number of hydrogen-bond donors (Lipinski definition) is 2. The number of methoxy groups -OCH3 is 1. The fraction of sp³-hybridized carbons (Fsp3) is 0.524. The molecule has 6 heteroatoms. The number of cyclic esters (lactones) is 1. The van der Waals surface area contributed by atoms with E-state index in [2.05, 4.69) is 0 Å². The van der Waals surface area contributed by atoms with Crippen molar-refractivity contribution in [2.24, 2.45) is 11.8 Å². The van der Waals surface area contributed by atoms with Crippen LogP contribution in [0.15, 0.2) is 11.6 Å². The van der Waals surface area contributed by atoms with Gasteiger partial charge in [-0.2, -0.15) is 0 Å². The molecule has 0 saturated heterocycles. The maximum atomic E-state index is 12.0. The van der Waals surface area contributed by atoms with E-state index >= 15 is 0 Å². The summed E-state index contributed by atoms with van der Waals surface area (Å²) in [4.78, 5) is 23.6. The monoisotopic (exact) mass is 374 g/mol. The van der Waals surface area contributed by atoms with Crippen molar-refractivity contribution in [3.05, 3.63) is 33.9 Å². The van der Waals surface area contributed by atoms with Crippen LogP contribution >= 0.6 is 0 Å². The molecule has 1 aromatic rings. The predicted octanol–water partition coefficient (Wildman–Crippen LogP) is 3.76.